The van der Waals surface area contributed by atoms with Gasteiger partial charge in [-0.05, 0) is 38.0 Å². The lowest BCUT2D eigenvalue weighted by Crippen LogP contribution is -2.29. The molecule has 1 aliphatic carbocycles. The second-order valence-electron chi connectivity index (χ2n) is 6.42. The minimum atomic E-state index is 0.730. The molecule has 0 radical (unpaired) electrons. The van der Waals surface area contributed by atoms with Crippen molar-refractivity contribution in [1.82, 2.24) is 5.32 Å². The van der Waals surface area contributed by atoms with Crippen molar-refractivity contribution in [3.05, 3.63) is 11.3 Å². The van der Waals surface area contributed by atoms with Crippen molar-refractivity contribution in [2.24, 2.45) is 17.8 Å². The maximum atomic E-state index is 3.75. The zero-order chi connectivity index (χ0) is 12.8. The maximum Gasteiger partial charge on any atom is 0.0167 e. The Hall–Kier alpha value is -0.460. The Labute approximate surface area is 108 Å². The van der Waals surface area contributed by atoms with Crippen molar-refractivity contribution in [2.75, 3.05) is 6.54 Å². The number of hydrogen-bond donors (Lipinski definition) is 1. The average Bonchev–Trinajstić information content (AvgIpc) is 2.21. The number of rotatable bonds is 4. The lowest BCUT2D eigenvalue weighted by Gasteiger charge is -2.30. The molecule has 0 amide bonds. The predicted molar refractivity (Wildman–Crippen MR) is 77.0 cm³/mol. The highest BCUT2D eigenvalue weighted by Gasteiger charge is 2.21. The van der Waals surface area contributed by atoms with Crippen LogP contribution in [0.4, 0.5) is 0 Å². The normalized spacial score (nSPS) is 27.1. The minimum Gasteiger partial charge on any atom is -0.388 e. The van der Waals surface area contributed by atoms with Gasteiger partial charge < -0.3 is 5.32 Å². The van der Waals surface area contributed by atoms with Crippen LogP contribution in [-0.4, -0.2) is 6.54 Å². The zero-order valence-electron chi connectivity index (χ0n) is 12.5. The molecule has 17 heavy (non-hydrogen) atoms. The van der Waals surface area contributed by atoms with E-state index in [0.717, 1.165) is 24.3 Å². The van der Waals surface area contributed by atoms with Crippen molar-refractivity contribution >= 4 is 0 Å². The van der Waals surface area contributed by atoms with Gasteiger partial charge in [0.25, 0.3) is 0 Å². The van der Waals surface area contributed by atoms with E-state index >= 15 is 0 Å². The first-order valence-corrected chi connectivity index (χ1v) is 7.46. The van der Waals surface area contributed by atoms with E-state index in [1.54, 1.807) is 11.3 Å². The van der Waals surface area contributed by atoms with Gasteiger partial charge in [-0.25, -0.2) is 0 Å². The molecule has 0 aliphatic heterocycles. The first kappa shape index (κ1) is 14.6. The molecule has 1 unspecified atom stereocenters. The van der Waals surface area contributed by atoms with E-state index < -0.39 is 0 Å². The monoisotopic (exact) mass is 237 g/mol. The number of nitrogens with one attached hydrogen (secondary N) is 1. The quantitative estimate of drug-likeness (QED) is 0.744. The van der Waals surface area contributed by atoms with Gasteiger partial charge >= 0.3 is 0 Å². The van der Waals surface area contributed by atoms with Crippen LogP contribution in [0.25, 0.3) is 0 Å². The summed E-state index contributed by atoms with van der Waals surface area (Å²) in [4.78, 5) is 0. The number of allylic oxidation sites excluding steroid dienone is 2. The Balaban J connectivity index is 2.80. The smallest absolute Gasteiger partial charge is 0.0167 e. The molecule has 0 aromatic carbocycles. The minimum absolute atomic E-state index is 0.730. The van der Waals surface area contributed by atoms with Crippen molar-refractivity contribution < 1.29 is 0 Å². The molecule has 1 atom stereocenters. The molecule has 0 saturated heterocycles. The summed E-state index contributed by atoms with van der Waals surface area (Å²) in [5, 5.41) is 3.75. The third-order valence-electron chi connectivity index (χ3n) is 3.90. The summed E-state index contributed by atoms with van der Waals surface area (Å²) in [5.74, 6) is 2.25. The van der Waals surface area contributed by atoms with Gasteiger partial charge in [0.1, 0.15) is 0 Å². The van der Waals surface area contributed by atoms with E-state index in [1.807, 2.05) is 0 Å². The molecule has 100 valence electrons. The van der Waals surface area contributed by atoms with Gasteiger partial charge in [0, 0.05) is 18.2 Å². The molecule has 1 heteroatoms. The molecule has 1 N–H and O–H groups in total. The lowest BCUT2D eigenvalue weighted by molar-refractivity contribution is 0.360. The molecule has 0 bridgehead atoms. The van der Waals surface area contributed by atoms with Crippen LogP contribution >= 0.6 is 0 Å². The highest BCUT2D eigenvalue weighted by molar-refractivity contribution is 5.15. The average molecular weight is 237 g/mol. The van der Waals surface area contributed by atoms with Crippen LogP contribution in [0.15, 0.2) is 11.3 Å². The molecule has 0 spiro atoms. The maximum absolute atomic E-state index is 3.75. The molecule has 0 aromatic rings. The van der Waals surface area contributed by atoms with E-state index in [0.29, 0.717) is 0 Å². The van der Waals surface area contributed by atoms with Crippen LogP contribution in [0.2, 0.25) is 0 Å². The van der Waals surface area contributed by atoms with Gasteiger partial charge in [0.2, 0.25) is 0 Å². The van der Waals surface area contributed by atoms with E-state index in [4.69, 9.17) is 0 Å². The molecular formula is C16H31N. The summed E-state index contributed by atoms with van der Waals surface area (Å²) in [7, 11) is 0. The van der Waals surface area contributed by atoms with Crippen LogP contribution in [0, 0.1) is 17.8 Å². The van der Waals surface area contributed by atoms with Crippen LogP contribution in [-0.2, 0) is 0 Å². The summed E-state index contributed by atoms with van der Waals surface area (Å²) in [6, 6.07) is 0. The fourth-order valence-corrected chi connectivity index (χ4v) is 2.79. The largest absolute Gasteiger partial charge is 0.388 e. The Morgan fingerprint density at radius 3 is 2.41 bits per heavy atom. The van der Waals surface area contributed by atoms with Gasteiger partial charge in [0.15, 0.2) is 0 Å². The van der Waals surface area contributed by atoms with Crippen LogP contribution in [0.5, 0.6) is 0 Å². The van der Waals surface area contributed by atoms with Crippen LogP contribution < -0.4 is 5.32 Å². The van der Waals surface area contributed by atoms with Crippen molar-refractivity contribution in [3.8, 4) is 0 Å². The lowest BCUT2D eigenvalue weighted by atomic mass is 9.82. The van der Waals surface area contributed by atoms with Crippen LogP contribution in [0.1, 0.15) is 66.7 Å². The Morgan fingerprint density at radius 1 is 1.12 bits per heavy atom. The summed E-state index contributed by atoms with van der Waals surface area (Å²) in [5.41, 5.74) is 3.19. The molecule has 0 heterocycles. The Kier molecular flexibility index (Phi) is 6.08. The van der Waals surface area contributed by atoms with Crippen molar-refractivity contribution in [2.45, 2.75) is 66.7 Å². The second kappa shape index (κ2) is 7.08. The van der Waals surface area contributed by atoms with Gasteiger partial charge in [-0.3, -0.25) is 0 Å². The van der Waals surface area contributed by atoms with Crippen molar-refractivity contribution in [3.63, 3.8) is 0 Å². The first-order valence-electron chi connectivity index (χ1n) is 7.46. The van der Waals surface area contributed by atoms with Crippen LogP contribution in [0.3, 0.4) is 0 Å². The third kappa shape index (κ3) is 4.73. The molecule has 1 nitrogen and oxygen atoms in total. The SMILES string of the molecule is C/C1=C(\NCC(C)C)C(C(C)C)CCCCC1. The van der Waals surface area contributed by atoms with E-state index in [-0.39, 0.29) is 0 Å². The van der Waals surface area contributed by atoms with Gasteiger partial charge in [-0.1, -0.05) is 46.1 Å². The molecule has 0 aromatic heterocycles. The fourth-order valence-electron chi connectivity index (χ4n) is 2.79. The summed E-state index contributed by atoms with van der Waals surface area (Å²) >= 11 is 0. The topological polar surface area (TPSA) is 12.0 Å². The summed E-state index contributed by atoms with van der Waals surface area (Å²) in [6.07, 6.45) is 6.86. The molecular weight excluding hydrogens is 206 g/mol. The Morgan fingerprint density at radius 2 is 1.82 bits per heavy atom. The highest BCUT2D eigenvalue weighted by atomic mass is 14.9. The first-order chi connectivity index (χ1) is 8.02. The molecule has 0 fully saturated rings. The summed E-state index contributed by atoms with van der Waals surface area (Å²) in [6.45, 7) is 12.8. The predicted octanol–water partition coefficient (Wildman–Crippen LogP) is 4.74. The van der Waals surface area contributed by atoms with Gasteiger partial charge in [-0.2, -0.15) is 0 Å². The standard InChI is InChI=1S/C16H31N/c1-12(2)11-17-16-14(5)9-7-6-8-10-15(16)13(3)4/h12-13,15,17H,6-11H2,1-5H3/b16-14+. The molecule has 1 aliphatic rings. The fraction of sp³-hybridized carbons (Fsp3) is 0.875. The van der Waals surface area contributed by atoms with E-state index in [9.17, 15) is 0 Å². The Bertz CT molecular complexity index is 250. The number of hydrogen-bond acceptors (Lipinski definition) is 1. The molecule has 1 rings (SSSR count). The third-order valence-corrected chi connectivity index (χ3v) is 3.90. The van der Waals surface area contributed by atoms with Gasteiger partial charge in [-0.15, -0.1) is 0 Å². The summed E-state index contributed by atoms with van der Waals surface area (Å²) < 4.78 is 0. The van der Waals surface area contributed by atoms with E-state index in [1.165, 1.54) is 32.1 Å². The zero-order valence-corrected chi connectivity index (χ0v) is 12.5. The van der Waals surface area contributed by atoms with Gasteiger partial charge in [0.05, 0.1) is 0 Å². The molecule has 0 saturated carbocycles. The van der Waals surface area contributed by atoms with Crippen molar-refractivity contribution in [1.29, 1.82) is 0 Å². The highest BCUT2D eigenvalue weighted by Crippen LogP contribution is 2.31. The second-order valence-corrected chi connectivity index (χ2v) is 6.42. The van der Waals surface area contributed by atoms with E-state index in [2.05, 4.69) is 39.9 Å².